The number of ketones is 1. The molecule has 0 saturated carbocycles. The highest BCUT2D eigenvalue weighted by Gasteiger charge is 2.34. The Labute approximate surface area is 200 Å². The molecule has 1 fully saturated rings. The number of rotatable bonds is 6. The average Bonchev–Trinajstić information content (AvgIpc) is 3.50. The number of hydrogen-bond acceptors (Lipinski definition) is 8. The van der Waals surface area contributed by atoms with Gasteiger partial charge in [0.05, 0.1) is 36.4 Å². The molecule has 0 aliphatic carbocycles. The standard InChI is InChI=1S/C24H21FN8O2/c1-16-21(27-30-33(16)19-9-7-17(25)8-10-19)22(34)20(15-26)23-28-29-24(31-11-13-35-14-12-31)32(23)18-5-3-2-4-6-18/h2-10,20H,11-14H2,1H3. The molecule has 1 unspecified atom stereocenters. The Hall–Kier alpha value is -4.43. The SMILES string of the molecule is Cc1c(C(=O)C(C#N)c2nnc(N3CCOCC3)n2-c2ccccc2)nnn1-c1ccc(F)cc1. The number of halogens is 1. The minimum atomic E-state index is -1.27. The van der Waals surface area contributed by atoms with Gasteiger partial charge in [0, 0.05) is 13.1 Å². The van der Waals surface area contributed by atoms with Gasteiger partial charge < -0.3 is 9.64 Å². The van der Waals surface area contributed by atoms with Crippen molar-refractivity contribution in [3.8, 4) is 17.4 Å². The van der Waals surface area contributed by atoms with Gasteiger partial charge in [-0.1, -0.05) is 23.4 Å². The summed E-state index contributed by atoms with van der Waals surface area (Å²) in [7, 11) is 0. The van der Waals surface area contributed by atoms with Crippen molar-refractivity contribution in [2.75, 3.05) is 31.2 Å². The molecule has 1 saturated heterocycles. The molecule has 0 radical (unpaired) electrons. The third kappa shape index (κ3) is 4.15. The summed E-state index contributed by atoms with van der Waals surface area (Å²) in [4.78, 5) is 15.6. The van der Waals surface area contributed by atoms with Gasteiger partial charge >= 0.3 is 0 Å². The van der Waals surface area contributed by atoms with Crippen LogP contribution in [0.4, 0.5) is 10.3 Å². The molecular weight excluding hydrogens is 451 g/mol. The van der Waals surface area contributed by atoms with Gasteiger partial charge in [0.25, 0.3) is 0 Å². The van der Waals surface area contributed by atoms with E-state index in [1.54, 1.807) is 11.5 Å². The topological polar surface area (TPSA) is 115 Å². The molecule has 2 aromatic heterocycles. The van der Waals surface area contributed by atoms with Crippen LogP contribution in [0.2, 0.25) is 0 Å². The highest BCUT2D eigenvalue weighted by Crippen LogP contribution is 2.28. The minimum absolute atomic E-state index is 0.0383. The second kappa shape index (κ2) is 9.44. The Balaban J connectivity index is 1.55. The number of ether oxygens (including phenoxy) is 1. The summed E-state index contributed by atoms with van der Waals surface area (Å²) in [5.41, 5.74) is 1.75. The lowest BCUT2D eigenvalue weighted by molar-refractivity contribution is 0.0970. The van der Waals surface area contributed by atoms with E-state index in [9.17, 15) is 14.4 Å². The van der Waals surface area contributed by atoms with E-state index in [4.69, 9.17) is 4.74 Å². The third-order valence-corrected chi connectivity index (χ3v) is 5.83. The van der Waals surface area contributed by atoms with E-state index in [0.717, 1.165) is 5.69 Å². The molecule has 4 aromatic rings. The van der Waals surface area contributed by atoms with E-state index in [1.165, 1.54) is 28.9 Å². The number of benzene rings is 2. The number of aromatic nitrogens is 6. The fourth-order valence-electron chi connectivity index (χ4n) is 4.02. The Morgan fingerprint density at radius 3 is 2.43 bits per heavy atom. The molecule has 11 heteroatoms. The van der Waals surface area contributed by atoms with Crippen molar-refractivity contribution in [1.29, 1.82) is 5.26 Å². The van der Waals surface area contributed by atoms with Crippen LogP contribution >= 0.6 is 0 Å². The number of nitriles is 1. The maximum absolute atomic E-state index is 13.6. The van der Waals surface area contributed by atoms with E-state index in [2.05, 4.69) is 26.6 Å². The molecule has 3 heterocycles. The molecule has 2 aromatic carbocycles. The predicted octanol–water partition coefficient (Wildman–Crippen LogP) is 2.62. The third-order valence-electron chi connectivity index (χ3n) is 5.83. The van der Waals surface area contributed by atoms with Gasteiger partial charge in [-0.2, -0.15) is 5.26 Å². The predicted molar refractivity (Wildman–Crippen MR) is 123 cm³/mol. The van der Waals surface area contributed by atoms with Crippen LogP contribution in [-0.4, -0.2) is 61.8 Å². The molecule has 0 spiro atoms. The number of carbonyl (C=O) groups excluding carboxylic acids is 1. The zero-order chi connectivity index (χ0) is 24.4. The summed E-state index contributed by atoms with van der Waals surface area (Å²) in [6, 6.07) is 17.1. The first kappa shape index (κ1) is 22.4. The maximum Gasteiger partial charge on any atom is 0.232 e. The zero-order valence-electron chi connectivity index (χ0n) is 18.9. The second-order valence-corrected chi connectivity index (χ2v) is 7.97. The number of Topliss-reactive ketones (excluding diaryl/α,β-unsaturated/α-hetero) is 1. The second-order valence-electron chi connectivity index (χ2n) is 7.97. The first-order valence-corrected chi connectivity index (χ1v) is 11.0. The van der Waals surface area contributed by atoms with E-state index in [0.29, 0.717) is 43.6 Å². The van der Waals surface area contributed by atoms with E-state index >= 15 is 0 Å². The lowest BCUT2D eigenvalue weighted by Gasteiger charge is -2.28. The van der Waals surface area contributed by atoms with Crippen molar-refractivity contribution in [3.63, 3.8) is 0 Å². The van der Waals surface area contributed by atoms with E-state index in [1.807, 2.05) is 35.2 Å². The number of hydrogen-bond donors (Lipinski definition) is 0. The van der Waals surface area contributed by atoms with Crippen molar-refractivity contribution < 1.29 is 13.9 Å². The van der Waals surface area contributed by atoms with Gasteiger partial charge in [-0.15, -0.1) is 15.3 Å². The Morgan fingerprint density at radius 2 is 1.74 bits per heavy atom. The van der Waals surface area contributed by atoms with E-state index in [-0.39, 0.29) is 17.3 Å². The van der Waals surface area contributed by atoms with E-state index < -0.39 is 11.7 Å². The van der Waals surface area contributed by atoms with Gasteiger partial charge in [-0.05, 0) is 43.3 Å². The van der Waals surface area contributed by atoms with Crippen LogP contribution < -0.4 is 4.90 Å². The Morgan fingerprint density at radius 1 is 1.03 bits per heavy atom. The number of nitrogens with zero attached hydrogens (tertiary/aromatic N) is 8. The highest BCUT2D eigenvalue weighted by molar-refractivity contribution is 6.01. The van der Waals surface area contributed by atoms with Crippen molar-refractivity contribution in [2.24, 2.45) is 0 Å². The van der Waals surface area contributed by atoms with Crippen LogP contribution in [0.25, 0.3) is 11.4 Å². The molecule has 0 bridgehead atoms. The summed E-state index contributed by atoms with van der Waals surface area (Å²) >= 11 is 0. The summed E-state index contributed by atoms with van der Waals surface area (Å²) in [6.07, 6.45) is 0. The summed E-state index contributed by atoms with van der Waals surface area (Å²) < 4.78 is 21.9. The Bertz CT molecular complexity index is 1390. The van der Waals surface area contributed by atoms with Gasteiger partial charge in [0.2, 0.25) is 11.7 Å². The average molecular weight is 472 g/mol. The normalized spacial score (nSPS) is 14.5. The fourth-order valence-corrected chi connectivity index (χ4v) is 4.02. The zero-order valence-corrected chi connectivity index (χ0v) is 18.9. The number of carbonyl (C=O) groups is 1. The Kier molecular flexibility index (Phi) is 6.03. The van der Waals surface area contributed by atoms with Crippen LogP contribution in [0.15, 0.2) is 54.6 Å². The van der Waals surface area contributed by atoms with Gasteiger partial charge in [0.1, 0.15) is 5.82 Å². The number of anilines is 1. The van der Waals surface area contributed by atoms with Gasteiger partial charge in [-0.25, -0.2) is 9.07 Å². The quantitative estimate of drug-likeness (QED) is 0.394. The number of morpholine rings is 1. The van der Waals surface area contributed by atoms with Crippen LogP contribution in [0, 0.1) is 24.1 Å². The van der Waals surface area contributed by atoms with Crippen LogP contribution in [0.1, 0.15) is 27.9 Å². The molecule has 176 valence electrons. The lowest BCUT2D eigenvalue weighted by Crippen LogP contribution is -2.38. The molecule has 35 heavy (non-hydrogen) atoms. The first-order valence-electron chi connectivity index (χ1n) is 11.0. The van der Waals surface area contributed by atoms with Crippen molar-refractivity contribution in [3.05, 3.63) is 77.6 Å². The van der Waals surface area contributed by atoms with Crippen LogP contribution in [-0.2, 0) is 4.74 Å². The first-order chi connectivity index (χ1) is 17.1. The number of para-hydroxylation sites is 1. The maximum atomic E-state index is 13.6. The molecule has 1 aliphatic rings. The summed E-state index contributed by atoms with van der Waals surface area (Å²) in [6.45, 7) is 3.99. The van der Waals surface area contributed by atoms with Crippen molar-refractivity contribution in [2.45, 2.75) is 12.8 Å². The molecule has 10 nitrogen and oxygen atoms in total. The molecule has 1 atom stereocenters. The smallest absolute Gasteiger partial charge is 0.232 e. The molecule has 0 amide bonds. The van der Waals surface area contributed by atoms with Crippen molar-refractivity contribution >= 4 is 11.7 Å². The van der Waals surface area contributed by atoms with Gasteiger partial charge in [0.15, 0.2) is 17.4 Å². The minimum Gasteiger partial charge on any atom is -0.378 e. The lowest BCUT2D eigenvalue weighted by atomic mass is 10.0. The molecular formula is C24H21FN8O2. The highest BCUT2D eigenvalue weighted by atomic mass is 19.1. The fraction of sp³-hybridized carbons (Fsp3) is 0.250. The molecule has 5 rings (SSSR count). The monoisotopic (exact) mass is 472 g/mol. The van der Waals surface area contributed by atoms with Gasteiger partial charge in [-0.3, -0.25) is 9.36 Å². The summed E-state index contributed by atoms with van der Waals surface area (Å²) in [5.74, 6) is -1.47. The van der Waals surface area contributed by atoms with Crippen molar-refractivity contribution in [1.82, 2.24) is 29.8 Å². The largest absolute Gasteiger partial charge is 0.378 e. The molecule has 1 aliphatic heterocycles. The van der Waals surface area contributed by atoms with Crippen LogP contribution in [0.5, 0.6) is 0 Å². The summed E-state index contributed by atoms with van der Waals surface area (Å²) in [5, 5.41) is 26.8. The molecule has 0 N–H and O–H groups in total. The van der Waals surface area contributed by atoms with Crippen LogP contribution in [0.3, 0.4) is 0 Å².